The van der Waals surface area contributed by atoms with E-state index in [9.17, 15) is 18.3 Å². The highest BCUT2D eigenvalue weighted by molar-refractivity contribution is 7.89. The number of aliphatic hydroxyl groups is 1. The van der Waals surface area contributed by atoms with Gasteiger partial charge in [0, 0.05) is 12.1 Å². The summed E-state index contributed by atoms with van der Waals surface area (Å²) in [7, 11) is -3.34. The van der Waals surface area contributed by atoms with Gasteiger partial charge in [-0.25, -0.2) is 17.9 Å². The lowest BCUT2D eigenvalue weighted by Crippen LogP contribution is -2.35. The van der Waals surface area contributed by atoms with Crippen molar-refractivity contribution >= 4 is 16.0 Å². The van der Waals surface area contributed by atoms with E-state index in [1.165, 1.54) is 13.8 Å². The zero-order valence-corrected chi connectivity index (χ0v) is 10.2. The predicted octanol–water partition coefficient (Wildman–Crippen LogP) is -0.594. The normalized spacial score (nSPS) is 13.2. The van der Waals surface area contributed by atoms with E-state index in [4.69, 9.17) is 0 Å². The number of sulfonamides is 1. The molecular weight excluding hydrogens is 234 g/mol. The molecule has 0 fully saturated rings. The summed E-state index contributed by atoms with van der Waals surface area (Å²) in [5.74, 6) is -0.678. The fourth-order valence-electron chi connectivity index (χ4n) is 0.679. The van der Waals surface area contributed by atoms with E-state index >= 15 is 0 Å². The second kappa shape index (κ2) is 6.62. The van der Waals surface area contributed by atoms with Crippen LogP contribution in [-0.2, 0) is 19.6 Å². The Balaban J connectivity index is 3.88. The molecular formula is C9H17NO5S. The molecule has 0 radical (unpaired) electrons. The molecule has 0 saturated heterocycles. The van der Waals surface area contributed by atoms with Crippen LogP contribution in [-0.4, -0.2) is 44.5 Å². The molecule has 0 amide bonds. The molecule has 0 spiro atoms. The largest absolute Gasteiger partial charge is 0.460 e. The lowest BCUT2D eigenvalue weighted by Gasteiger charge is -2.11. The number of carbonyl (C=O) groups excluding carboxylic acids is 1. The fourth-order valence-corrected chi connectivity index (χ4v) is 1.33. The molecule has 0 aromatic carbocycles. The minimum absolute atomic E-state index is 0.0642. The van der Waals surface area contributed by atoms with E-state index in [1.807, 2.05) is 0 Å². The molecule has 6 nitrogen and oxygen atoms in total. The summed E-state index contributed by atoms with van der Waals surface area (Å²) >= 11 is 0. The van der Waals surface area contributed by atoms with Crippen LogP contribution in [0.15, 0.2) is 12.2 Å². The van der Waals surface area contributed by atoms with E-state index in [2.05, 4.69) is 16.0 Å². The summed E-state index contributed by atoms with van der Waals surface area (Å²) in [5, 5.41) is 9.30. The van der Waals surface area contributed by atoms with Crippen LogP contribution in [0.5, 0.6) is 0 Å². The Bertz CT molecular complexity index is 349. The average molecular weight is 251 g/mol. The Morgan fingerprint density at radius 3 is 2.56 bits per heavy atom. The molecule has 0 aromatic heterocycles. The van der Waals surface area contributed by atoms with E-state index in [1.54, 1.807) is 0 Å². The number of esters is 1. The fraction of sp³-hybridized carbons (Fsp3) is 0.667. The van der Waals surface area contributed by atoms with Crippen molar-refractivity contribution in [2.75, 3.05) is 18.9 Å². The third kappa shape index (κ3) is 6.54. The molecule has 7 heteroatoms. The summed E-state index contributed by atoms with van der Waals surface area (Å²) in [6.07, 6.45) is -1.07. The smallest absolute Gasteiger partial charge is 0.333 e. The van der Waals surface area contributed by atoms with Crippen molar-refractivity contribution < 1.29 is 23.1 Å². The molecule has 94 valence electrons. The van der Waals surface area contributed by atoms with Gasteiger partial charge in [-0.05, 0) is 13.8 Å². The predicted molar refractivity (Wildman–Crippen MR) is 59.2 cm³/mol. The summed E-state index contributed by atoms with van der Waals surface area (Å²) < 4.78 is 28.8. The maximum atomic E-state index is 11.0. The van der Waals surface area contributed by atoms with E-state index in [0.29, 0.717) is 0 Å². The standard InChI is InChI=1S/C9H17NO5S/c1-4-16(13,14)10-5-8(11)6-15-9(12)7(2)3/h8,10-11H,2,4-6H2,1,3H3. The molecule has 0 saturated carbocycles. The second-order valence-corrected chi connectivity index (χ2v) is 5.38. The third-order valence-corrected chi connectivity index (χ3v) is 3.04. The molecule has 0 aromatic rings. The number of hydrogen-bond acceptors (Lipinski definition) is 5. The molecule has 1 atom stereocenters. The van der Waals surface area contributed by atoms with Crippen LogP contribution in [0.4, 0.5) is 0 Å². The lowest BCUT2D eigenvalue weighted by atomic mass is 10.3. The van der Waals surface area contributed by atoms with Crippen LogP contribution in [0, 0.1) is 0 Å². The molecule has 2 N–H and O–H groups in total. The second-order valence-electron chi connectivity index (χ2n) is 3.28. The minimum Gasteiger partial charge on any atom is -0.460 e. The van der Waals surface area contributed by atoms with Gasteiger partial charge in [-0.15, -0.1) is 0 Å². The van der Waals surface area contributed by atoms with Gasteiger partial charge in [-0.2, -0.15) is 0 Å². The van der Waals surface area contributed by atoms with Crippen molar-refractivity contribution in [3.05, 3.63) is 12.2 Å². The van der Waals surface area contributed by atoms with Gasteiger partial charge in [-0.3, -0.25) is 0 Å². The molecule has 0 rings (SSSR count). The van der Waals surface area contributed by atoms with Crippen molar-refractivity contribution in [1.29, 1.82) is 0 Å². The number of rotatable bonds is 7. The molecule has 0 bridgehead atoms. The Morgan fingerprint density at radius 1 is 1.56 bits per heavy atom. The Hall–Kier alpha value is -0.920. The highest BCUT2D eigenvalue weighted by Crippen LogP contribution is 1.94. The highest BCUT2D eigenvalue weighted by Gasteiger charge is 2.12. The Kier molecular flexibility index (Phi) is 6.24. The van der Waals surface area contributed by atoms with Crippen molar-refractivity contribution in [3.63, 3.8) is 0 Å². The van der Waals surface area contributed by atoms with Crippen LogP contribution in [0.3, 0.4) is 0 Å². The SMILES string of the molecule is C=C(C)C(=O)OCC(O)CNS(=O)(=O)CC. The number of carbonyl (C=O) groups is 1. The molecule has 0 heterocycles. The van der Waals surface area contributed by atoms with Gasteiger partial charge in [0.2, 0.25) is 10.0 Å². The summed E-state index contributed by atoms with van der Waals surface area (Å²) in [6.45, 7) is 5.88. The third-order valence-electron chi connectivity index (χ3n) is 1.67. The van der Waals surface area contributed by atoms with E-state index in [-0.39, 0.29) is 24.5 Å². The first-order valence-corrected chi connectivity index (χ1v) is 6.41. The number of aliphatic hydroxyl groups excluding tert-OH is 1. The Labute approximate surface area is 95.3 Å². The first-order chi connectivity index (χ1) is 7.28. The number of ether oxygens (including phenoxy) is 1. The zero-order chi connectivity index (χ0) is 12.8. The summed E-state index contributed by atoms with van der Waals surface area (Å²) in [6, 6.07) is 0. The maximum absolute atomic E-state index is 11.0. The molecule has 0 aliphatic carbocycles. The summed E-state index contributed by atoms with van der Waals surface area (Å²) in [5.41, 5.74) is 0.223. The van der Waals surface area contributed by atoms with Gasteiger partial charge < -0.3 is 9.84 Å². The van der Waals surface area contributed by atoms with Crippen LogP contribution in [0.25, 0.3) is 0 Å². The van der Waals surface area contributed by atoms with E-state index < -0.39 is 22.1 Å². The average Bonchev–Trinajstić information content (AvgIpc) is 2.23. The molecule has 0 aliphatic heterocycles. The van der Waals surface area contributed by atoms with Gasteiger partial charge in [-0.1, -0.05) is 6.58 Å². The maximum Gasteiger partial charge on any atom is 0.333 e. The van der Waals surface area contributed by atoms with Crippen LogP contribution < -0.4 is 4.72 Å². The van der Waals surface area contributed by atoms with Crippen LogP contribution in [0.1, 0.15) is 13.8 Å². The first-order valence-electron chi connectivity index (χ1n) is 4.76. The van der Waals surface area contributed by atoms with Gasteiger partial charge in [0.05, 0.1) is 5.75 Å². The highest BCUT2D eigenvalue weighted by atomic mass is 32.2. The summed E-state index contributed by atoms with van der Waals surface area (Å²) in [4.78, 5) is 10.9. The minimum atomic E-state index is -3.34. The molecule has 16 heavy (non-hydrogen) atoms. The van der Waals surface area contributed by atoms with Crippen molar-refractivity contribution in [2.24, 2.45) is 0 Å². The first kappa shape index (κ1) is 15.1. The van der Waals surface area contributed by atoms with Crippen LogP contribution >= 0.6 is 0 Å². The Morgan fingerprint density at radius 2 is 2.12 bits per heavy atom. The quantitative estimate of drug-likeness (QED) is 0.466. The van der Waals surface area contributed by atoms with Crippen molar-refractivity contribution in [3.8, 4) is 0 Å². The van der Waals surface area contributed by atoms with Gasteiger partial charge >= 0.3 is 5.97 Å². The van der Waals surface area contributed by atoms with Crippen LogP contribution in [0.2, 0.25) is 0 Å². The number of hydrogen-bond donors (Lipinski definition) is 2. The van der Waals surface area contributed by atoms with Gasteiger partial charge in [0.15, 0.2) is 0 Å². The molecule has 0 aliphatic rings. The number of nitrogens with one attached hydrogen (secondary N) is 1. The topological polar surface area (TPSA) is 92.7 Å². The van der Waals surface area contributed by atoms with Gasteiger partial charge in [0.1, 0.15) is 12.7 Å². The van der Waals surface area contributed by atoms with Crippen molar-refractivity contribution in [2.45, 2.75) is 20.0 Å². The monoisotopic (exact) mass is 251 g/mol. The molecule has 1 unspecified atom stereocenters. The zero-order valence-electron chi connectivity index (χ0n) is 9.39. The van der Waals surface area contributed by atoms with Crippen molar-refractivity contribution in [1.82, 2.24) is 4.72 Å². The lowest BCUT2D eigenvalue weighted by molar-refractivity contribution is -0.141. The van der Waals surface area contributed by atoms with Gasteiger partial charge in [0.25, 0.3) is 0 Å². The van der Waals surface area contributed by atoms with E-state index in [0.717, 1.165) is 0 Å².